The summed E-state index contributed by atoms with van der Waals surface area (Å²) >= 11 is 0. The summed E-state index contributed by atoms with van der Waals surface area (Å²) in [6.07, 6.45) is 3.72. The molecule has 0 aliphatic heterocycles. The highest BCUT2D eigenvalue weighted by molar-refractivity contribution is 5.88. The van der Waals surface area contributed by atoms with E-state index in [4.69, 9.17) is 24.1 Å². The minimum atomic E-state index is -1.08. The van der Waals surface area contributed by atoms with Crippen molar-refractivity contribution in [2.45, 2.75) is 13.0 Å². The maximum Gasteiger partial charge on any atom is 0.332 e. The van der Waals surface area contributed by atoms with E-state index in [2.05, 4.69) is 9.97 Å². The number of pyridine rings is 1. The summed E-state index contributed by atoms with van der Waals surface area (Å²) in [5.74, 6) is 1.73. The fourth-order valence-electron chi connectivity index (χ4n) is 4.55. The van der Waals surface area contributed by atoms with E-state index in [9.17, 15) is 14.4 Å². The molecule has 0 bridgehead atoms. The van der Waals surface area contributed by atoms with Crippen molar-refractivity contribution in [3.63, 3.8) is 0 Å². The first-order valence-electron chi connectivity index (χ1n) is 12.7. The zero-order valence-corrected chi connectivity index (χ0v) is 24.1. The second-order valence-corrected chi connectivity index (χ2v) is 9.20. The van der Waals surface area contributed by atoms with Crippen LogP contribution < -0.4 is 30.2 Å². The molecule has 0 amide bonds. The monoisotopic (exact) mass is 577 g/mol. The van der Waals surface area contributed by atoms with Crippen LogP contribution in [0.3, 0.4) is 0 Å². The normalized spacial score (nSPS) is 10.7. The van der Waals surface area contributed by atoms with Crippen molar-refractivity contribution in [2.24, 2.45) is 14.1 Å². The smallest absolute Gasteiger partial charge is 0.332 e. The molecule has 0 aliphatic carbocycles. The van der Waals surface area contributed by atoms with E-state index in [1.165, 1.54) is 29.6 Å². The molecule has 0 unspecified atom stereocenters. The molecule has 0 radical (unpaired) electrons. The molecular formula is C29H31N5O8. The van der Waals surface area contributed by atoms with Gasteiger partial charge in [-0.15, -0.1) is 0 Å². The number of hydrogen-bond acceptors (Lipinski definition) is 9. The molecule has 1 N–H and O–H groups in total. The van der Waals surface area contributed by atoms with Gasteiger partial charge in [-0.1, -0.05) is 6.07 Å². The molecule has 0 spiro atoms. The third-order valence-corrected chi connectivity index (χ3v) is 6.69. The number of nitrogens with zero attached hydrogens (tertiary/aromatic N) is 5. The molecule has 0 saturated carbocycles. The molecule has 42 heavy (non-hydrogen) atoms. The Morgan fingerprint density at radius 1 is 0.833 bits per heavy atom. The molecule has 3 heterocycles. The fourth-order valence-corrected chi connectivity index (χ4v) is 4.55. The number of fused-ring (bicyclic) bond motifs is 2. The van der Waals surface area contributed by atoms with Gasteiger partial charge in [0.05, 0.1) is 40.5 Å². The average Bonchev–Trinajstić information content (AvgIpc) is 3.41. The average molecular weight is 578 g/mol. The summed E-state index contributed by atoms with van der Waals surface area (Å²) in [5.41, 5.74) is 1.29. The fraction of sp³-hybridized carbons (Fsp3) is 0.276. The molecule has 3 aromatic heterocycles. The number of rotatable bonds is 8. The predicted molar refractivity (Wildman–Crippen MR) is 155 cm³/mol. The van der Waals surface area contributed by atoms with Crippen LogP contribution in [0.25, 0.3) is 21.9 Å². The van der Waals surface area contributed by atoms with E-state index in [0.29, 0.717) is 29.4 Å². The van der Waals surface area contributed by atoms with Crippen LogP contribution in [-0.2, 0) is 31.9 Å². The zero-order valence-electron chi connectivity index (χ0n) is 24.1. The highest BCUT2D eigenvalue weighted by Crippen LogP contribution is 2.34. The maximum atomic E-state index is 11.9. The third-order valence-electron chi connectivity index (χ3n) is 6.69. The van der Waals surface area contributed by atoms with Crippen LogP contribution in [0, 0.1) is 0 Å². The predicted octanol–water partition coefficient (Wildman–Crippen LogP) is 2.38. The standard InChI is InChI=1S/C20H21NO4.C9H10N4O4/c1-22-17-6-5-13(10-18(17)23-2)9-16-15-12-20(25-4)19(24-3)11-14(15)7-8-21-16;1-11-7-6(8(16)12(2)9(11)17)13(4-10-7)3-5(14)15/h5-8,10-12H,9H2,1-4H3;4H,3H2,1-2H3,(H,14,15). The van der Waals surface area contributed by atoms with Crippen LogP contribution in [0.4, 0.5) is 0 Å². The minimum Gasteiger partial charge on any atom is -0.493 e. The first-order chi connectivity index (χ1) is 20.1. The number of hydrogen-bond donors (Lipinski definition) is 1. The van der Waals surface area contributed by atoms with Gasteiger partial charge in [-0.2, -0.15) is 0 Å². The van der Waals surface area contributed by atoms with E-state index in [0.717, 1.165) is 26.6 Å². The molecule has 0 fully saturated rings. The molecule has 2 aromatic carbocycles. The lowest BCUT2D eigenvalue weighted by Crippen LogP contribution is -2.37. The number of ether oxygens (including phenoxy) is 4. The molecule has 0 saturated heterocycles. The number of benzene rings is 2. The molecule has 5 rings (SSSR count). The van der Waals surface area contributed by atoms with Gasteiger partial charge in [0, 0.05) is 32.1 Å². The number of methoxy groups -OCH3 is 4. The van der Waals surface area contributed by atoms with Crippen molar-refractivity contribution in [1.29, 1.82) is 0 Å². The van der Waals surface area contributed by atoms with Crippen LogP contribution in [0.15, 0.2) is 58.5 Å². The Morgan fingerprint density at radius 2 is 1.48 bits per heavy atom. The Hall–Kier alpha value is -5.33. The van der Waals surface area contributed by atoms with Crippen LogP contribution in [-0.4, -0.2) is 63.2 Å². The summed E-state index contributed by atoms with van der Waals surface area (Å²) in [5, 5.41) is 10.8. The van der Waals surface area contributed by atoms with Crippen molar-refractivity contribution in [3.8, 4) is 23.0 Å². The minimum absolute atomic E-state index is 0.108. The quantitative estimate of drug-likeness (QED) is 0.291. The molecule has 220 valence electrons. The topological polar surface area (TPSA) is 149 Å². The number of carbonyl (C=O) groups is 1. The molecule has 0 atom stereocenters. The van der Waals surface area contributed by atoms with Crippen molar-refractivity contribution < 1.29 is 28.8 Å². The number of aromatic nitrogens is 5. The van der Waals surface area contributed by atoms with Gasteiger partial charge < -0.3 is 28.6 Å². The third kappa shape index (κ3) is 5.75. The number of aryl methyl sites for hydroxylation is 1. The van der Waals surface area contributed by atoms with Crippen molar-refractivity contribution in [1.82, 2.24) is 23.7 Å². The lowest BCUT2D eigenvalue weighted by atomic mass is 10.0. The van der Waals surface area contributed by atoms with E-state index in [1.807, 2.05) is 42.6 Å². The second kappa shape index (κ2) is 12.5. The summed E-state index contributed by atoms with van der Waals surface area (Å²) < 4.78 is 24.8. The van der Waals surface area contributed by atoms with Crippen molar-refractivity contribution >= 4 is 27.9 Å². The molecule has 13 heteroatoms. The van der Waals surface area contributed by atoms with Gasteiger partial charge in [-0.05, 0) is 41.3 Å². The van der Waals surface area contributed by atoms with Crippen LogP contribution in [0.1, 0.15) is 11.3 Å². The maximum absolute atomic E-state index is 11.9. The number of carboxylic acid groups (broad SMARTS) is 1. The first kappa shape index (κ1) is 29.6. The highest BCUT2D eigenvalue weighted by atomic mass is 16.5. The molecule has 13 nitrogen and oxygen atoms in total. The van der Waals surface area contributed by atoms with E-state index >= 15 is 0 Å². The Balaban J connectivity index is 0.000000208. The number of imidazole rings is 1. The van der Waals surface area contributed by atoms with Gasteiger partial charge in [0.1, 0.15) is 6.54 Å². The SMILES string of the molecule is COc1ccc(Cc2nccc3cc(OC)c(OC)cc23)cc1OC.Cn1c(=O)c2c(ncn2CC(=O)O)n(C)c1=O. The molecule has 0 aliphatic rings. The zero-order chi connectivity index (χ0) is 30.6. The lowest BCUT2D eigenvalue weighted by molar-refractivity contribution is -0.137. The Labute approximate surface area is 240 Å². The highest BCUT2D eigenvalue weighted by Gasteiger charge is 2.15. The largest absolute Gasteiger partial charge is 0.493 e. The van der Waals surface area contributed by atoms with Gasteiger partial charge in [0.25, 0.3) is 5.56 Å². The summed E-state index contributed by atoms with van der Waals surface area (Å²) in [7, 11) is 9.34. The summed E-state index contributed by atoms with van der Waals surface area (Å²) in [6, 6.07) is 11.8. The van der Waals surface area contributed by atoms with Gasteiger partial charge >= 0.3 is 11.7 Å². The van der Waals surface area contributed by atoms with Gasteiger partial charge in [-0.3, -0.25) is 23.7 Å². The van der Waals surface area contributed by atoms with Crippen LogP contribution in [0.2, 0.25) is 0 Å². The first-order valence-corrected chi connectivity index (χ1v) is 12.7. The summed E-state index contributed by atoms with van der Waals surface area (Å²) in [4.78, 5) is 42.5. The van der Waals surface area contributed by atoms with E-state index in [1.54, 1.807) is 28.4 Å². The van der Waals surface area contributed by atoms with Crippen LogP contribution in [0.5, 0.6) is 23.0 Å². The summed E-state index contributed by atoms with van der Waals surface area (Å²) in [6.45, 7) is -0.371. The lowest BCUT2D eigenvalue weighted by Gasteiger charge is -2.12. The van der Waals surface area contributed by atoms with Crippen molar-refractivity contribution in [2.75, 3.05) is 28.4 Å². The Bertz CT molecular complexity index is 1890. The van der Waals surface area contributed by atoms with Gasteiger partial charge in [0.15, 0.2) is 34.2 Å². The second-order valence-electron chi connectivity index (χ2n) is 9.20. The molecular weight excluding hydrogens is 546 g/mol. The van der Waals surface area contributed by atoms with Gasteiger partial charge in [-0.25, -0.2) is 9.78 Å². The van der Waals surface area contributed by atoms with E-state index < -0.39 is 17.2 Å². The van der Waals surface area contributed by atoms with Crippen molar-refractivity contribution in [3.05, 3.63) is 81.0 Å². The number of aliphatic carboxylic acids is 1. The van der Waals surface area contributed by atoms with Crippen LogP contribution >= 0.6 is 0 Å². The van der Waals surface area contributed by atoms with Gasteiger partial charge in [0.2, 0.25) is 0 Å². The molecule has 5 aromatic rings. The number of carboxylic acids is 1. The Morgan fingerprint density at radius 3 is 2.12 bits per heavy atom. The van der Waals surface area contributed by atoms with E-state index in [-0.39, 0.29) is 17.7 Å². The Kier molecular flexibility index (Phi) is 8.79.